The summed E-state index contributed by atoms with van der Waals surface area (Å²) in [5.74, 6) is 0.199. The molecule has 112 valence electrons. The molecule has 0 aliphatic carbocycles. The number of anilines is 1. The molecule has 0 radical (unpaired) electrons. The minimum atomic E-state index is -0.709. The first-order valence-electron chi connectivity index (χ1n) is 6.56. The van der Waals surface area contributed by atoms with Gasteiger partial charge >= 0.3 is 5.63 Å². The van der Waals surface area contributed by atoms with E-state index in [1.165, 1.54) is 4.74 Å². The van der Waals surface area contributed by atoms with Gasteiger partial charge in [-0.3, -0.25) is 4.79 Å². The van der Waals surface area contributed by atoms with Crippen LogP contribution < -0.4 is 10.9 Å². The second-order valence-corrected chi connectivity index (χ2v) is 4.74. The zero-order valence-corrected chi connectivity index (χ0v) is 12.0. The summed E-state index contributed by atoms with van der Waals surface area (Å²) in [6, 6.07) is 10.6. The Morgan fingerprint density at radius 3 is 2.64 bits per heavy atom. The highest BCUT2D eigenvalue weighted by Crippen LogP contribution is 2.22. The third kappa shape index (κ3) is 2.44. The van der Waals surface area contributed by atoms with Crippen LogP contribution in [0.25, 0.3) is 11.3 Å². The number of hydrogen-bond acceptors (Lipinski definition) is 5. The summed E-state index contributed by atoms with van der Waals surface area (Å²) in [5, 5.41) is 6.20. The third-order valence-electron chi connectivity index (χ3n) is 3.12. The van der Waals surface area contributed by atoms with Gasteiger partial charge in [0.2, 0.25) is 0 Å². The zero-order chi connectivity index (χ0) is 15.7. The largest absolute Gasteiger partial charge is 0.370 e. The van der Waals surface area contributed by atoms with Crippen molar-refractivity contribution in [1.82, 2.24) is 9.90 Å². The van der Waals surface area contributed by atoms with E-state index in [1.807, 2.05) is 18.2 Å². The van der Waals surface area contributed by atoms with Gasteiger partial charge in [0, 0.05) is 18.7 Å². The van der Waals surface area contributed by atoms with Gasteiger partial charge in [-0.1, -0.05) is 35.5 Å². The molecule has 1 amide bonds. The van der Waals surface area contributed by atoms with Crippen molar-refractivity contribution in [3.8, 4) is 11.3 Å². The number of carbonyl (C=O) groups excluding carboxylic acids is 1. The van der Waals surface area contributed by atoms with Crippen LogP contribution >= 0.6 is 0 Å². The van der Waals surface area contributed by atoms with Gasteiger partial charge in [-0.2, -0.15) is 0 Å². The Morgan fingerprint density at radius 1 is 1.27 bits per heavy atom. The zero-order valence-electron chi connectivity index (χ0n) is 12.0. The Kier molecular flexibility index (Phi) is 3.38. The molecule has 0 saturated heterocycles. The van der Waals surface area contributed by atoms with Gasteiger partial charge in [0.05, 0.1) is 0 Å². The Balaban J connectivity index is 2.03. The quantitative estimate of drug-likeness (QED) is 0.800. The lowest BCUT2D eigenvalue weighted by molar-refractivity contribution is 0.102. The summed E-state index contributed by atoms with van der Waals surface area (Å²) < 4.78 is 11.2. The maximum absolute atomic E-state index is 12.4. The normalized spacial score (nSPS) is 10.6. The van der Waals surface area contributed by atoms with Crippen LogP contribution in [0.15, 0.2) is 50.2 Å². The molecule has 7 nitrogen and oxygen atoms in total. The highest BCUT2D eigenvalue weighted by molar-refractivity contribution is 6.07. The van der Waals surface area contributed by atoms with E-state index in [-0.39, 0.29) is 11.4 Å². The summed E-state index contributed by atoms with van der Waals surface area (Å²) >= 11 is 0. The Bertz CT molecular complexity index is 874. The van der Waals surface area contributed by atoms with E-state index in [9.17, 15) is 9.59 Å². The fourth-order valence-corrected chi connectivity index (χ4v) is 2.20. The molecule has 0 aliphatic rings. The molecule has 0 fully saturated rings. The van der Waals surface area contributed by atoms with E-state index in [0.29, 0.717) is 17.0 Å². The van der Waals surface area contributed by atoms with Crippen LogP contribution in [0.2, 0.25) is 0 Å². The SMILES string of the molecule is Cc1cc(NC(=O)c2c(-c3ccccc3)n(C)oc2=O)no1. The molecule has 2 heterocycles. The van der Waals surface area contributed by atoms with Crippen molar-refractivity contribution in [2.75, 3.05) is 5.32 Å². The van der Waals surface area contributed by atoms with E-state index in [0.717, 1.165) is 0 Å². The number of aryl methyl sites for hydroxylation is 2. The molecule has 1 aromatic carbocycles. The molecule has 0 spiro atoms. The number of hydrogen-bond donors (Lipinski definition) is 1. The number of benzene rings is 1. The fourth-order valence-electron chi connectivity index (χ4n) is 2.20. The van der Waals surface area contributed by atoms with Gasteiger partial charge in [-0.25, -0.2) is 9.53 Å². The first kappa shape index (κ1) is 13.9. The van der Waals surface area contributed by atoms with Crippen molar-refractivity contribution < 1.29 is 13.8 Å². The number of amides is 1. The monoisotopic (exact) mass is 299 g/mol. The van der Waals surface area contributed by atoms with Crippen molar-refractivity contribution in [2.24, 2.45) is 7.05 Å². The van der Waals surface area contributed by atoms with E-state index in [1.54, 1.807) is 32.2 Å². The number of rotatable bonds is 3. The molecule has 3 rings (SSSR count). The van der Waals surface area contributed by atoms with Gasteiger partial charge in [0.15, 0.2) is 11.4 Å². The first-order valence-corrected chi connectivity index (χ1v) is 6.56. The van der Waals surface area contributed by atoms with Crippen LogP contribution in [0, 0.1) is 6.92 Å². The van der Waals surface area contributed by atoms with Gasteiger partial charge < -0.3 is 14.4 Å². The predicted molar refractivity (Wildman–Crippen MR) is 78.6 cm³/mol. The second-order valence-electron chi connectivity index (χ2n) is 4.74. The molecule has 0 unspecified atom stereocenters. The van der Waals surface area contributed by atoms with Crippen LogP contribution in [0.5, 0.6) is 0 Å². The molecular weight excluding hydrogens is 286 g/mol. The minimum Gasteiger partial charge on any atom is -0.360 e. The standard InChI is InChI=1S/C15H13N3O4/c1-9-8-11(17-21-9)16-14(19)12-13(18(2)22-15(12)20)10-6-4-3-5-7-10/h3-8H,1-2H3,(H,16,17,19). The Morgan fingerprint density at radius 2 is 2.00 bits per heavy atom. The molecule has 0 aliphatic heterocycles. The van der Waals surface area contributed by atoms with E-state index in [2.05, 4.69) is 10.5 Å². The highest BCUT2D eigenvalue weighted by atomic mass is 16.5. The fraction of sp³-hybridized carbons (Fsp3) is 0.133. The van der Waals surface area contributed by atoms with Crippen LogP contribution in [0.3, 0.4) is 0 Å². The van der Waals surface area contributed by atoms with Gasteiger partial charge in [0.25, 0.3) is 5.91 Å². The van der Waals surface area contributed by atoms with Crippen LogP contribution in [-0.4, -0.2) is 15.8 Å². The van der Waals surface area contributed by atoms with Gasteiger partial charge in [0.1, 0.15) is 11.5 Å². The lowest BCUT2D eigenvalue weighted by Crippen LogP contribution is -2.19. The van der Waals surface area contributed by atoms with Crippen LogP contribution in [0.1, 0.15) is 16.1 Å². The summed E-state index contributed by atoms with van der Waals surface area (Å²) in [6.45, 7) is 1.70. The van der Waals surface area contributed by atoms with E-state index >= 15 is 0 Å². The molecule has 1 N–H and O–H groups in total. The maximum atomic E-state index is 12.4. The molecule has 2 aromatic heterocycles. The summed E-state index contributed by atoms with van der Waals surface area (Å²) in [7, 11) is 1.57. The Hall–Kier alpha value is -3.09. The first-order chi connectivity index (χ1) is 10.6. The van der Waals surface area contributed by atoms with Crippen molar-refractivity contribution in [1.29, 1.82) is 0 Å². The average molecular weight is 299 g/mol. The summed E-state index contributed by atoms with van der Waals surface area (Å²) in [4.78, 5) is 24.4. The number of nitrogens with zero attached hydrogens (tertiary/aromatic N) is 2. The molecule has 0 atom stereocenters. The number of nitrogens with one attached hydrogen (secondary N) is 1. The van der Waals surface area contributed by atoms with Crippen molar-refractivity contribution in [3.05, 3.63) is 58.1 Å². The number of carbonyl (C=O) groups is 1. The van der Waals surface area contributed by atoms with E-state index < -0.39 is 11.5 Å². The minimum absolute atomic E-state index is 0.0747. The molecule has 0 bridgehead atoms. The molecule has 3 aromatic rings. The van der Waals surface area contributed by atoms with Crippen molar-refractivity contribution in [2.45, 2.75) is 6.92 Å². The second kappa shape index (κ2) is 5.36. The molecule has 0 saturated carbocycles. The average Bonchev–Trinajstić information content (AvgIpc) is 3.02. The maximum Gasteiger partial charge on any atom is 0.370 e. The topological polar surface area (TPSA) is 90.3 Å². The lowest BCUT2D eigenvalue weighted by Gasteiger charge is -2.04. The predicted octanol–water partition coefficient (Wildman–Crippen LogP) is 2.19. The summed E-state index contributed by atoms with van der Waals surface area (Å²) in [5.41, 5.74) is 0.328. The van der Waals surface area contributed by atoms with Crippen LogP contribution in [0.4, 0.5) is 5.82 Å². The van der Waals surface area contributed by atoms with Crippen molar-refractivity contribution in [3.63, 3.8) is 0 Å². The lowest BCUT2D eigenvalue weighted by atomic mass is 10.1. The van der Waals surface area contributed by atoms with Crippen LogP contribution in [-0.2, 0) is 7.05 Å². The smallest absolute Gasteiger partial charge is 0.360 e. The van der Waals surface area contributed by atoms with E-state index in [4.69, 9.17) is 9.05 Å². The number of aromatic nitrogens is 2. The molecule has 7 heteroatoms. The molecular formula is C15H13N3O4. The van der Waals surface area contributed by atoms with Crippen molar-refractivity contribution >= 4 is 11.7 Å². The third-order valence-corrected chi connectivity index (χ3v) is 3.12. The highest BCUT2D eigenvalue weighted by Gasteiger charge is 2.24. The molecule has 22 heavy (non-hydrogen) atoms. The Labute approximate surface area is 125 Å². The van der Waals surface area contributed by atoms with Gasteiger partial charge in [-0.15, -0.1) is 0 Å². The summed E-state index contributed by atoms with van der Waals surface area (Å²) in [6.07, 6.45) is 0. The van der Waals surface area contributed by atoms with Gasteiger partial charge in [-0.05, 0) is 6.92 Å².